The molecule has 0 aliphatic carbocycles. The first-order valence-corrected chi connectivity index (χ1v) is 11.1. The lowest BCUT2D eigenvalue weighted by atomic mass is 10.2. The Bertz CT molecular complexity index is 1160. The lowest BCUT2D eigenvalue weighted by Gasteiger charge is -2.14. The van der Waals surface area contributed by atoms with Crippen molar-refractivity contribution in [3.63, 3.8) is 0 Å². The molecule has 4 aromatic rings. The van der Waals surface area contributed by atoms with E-state index in [4.69, 9.17) is 9.47 Å². The summed E-state index contributed by atoms with van der Waals surface area (Å²) in [6.07, 6.45) is 1.80. The SMILES string of the molecule is COc1ccc(CNc2cnc(SCc3ccccc3)n2-c2ccc(F)cc2)cc1OC. The van der Waals surface area contributed by atoms with Gasteiger partial charge in [-0.25, -0.2) is 9.37 Å². The number of hydrogen-bond donors (Lipinski definition) is 1. The van der Waals surface area contributed by atoms with Crippen LogP contribution in [0.15, 0.2) is 84.1 Å². The summed E-state index contributed by atoms with van der Waals surface area (Å²) >= 11 is 1.63. The standard InChI is InChI=1S/C25H24FN3O2S/c1-30-22-13-8-19(14-23(22)31-2)15-27-24-16-28-25(32-17-18-6-4-3-5-7-18)29(24)21-11-9-20(26)10-12-21/h3-14,16,27H,15,17H2,1-2H3. The smallest absolute Gasteiger partial charge is 0.174 e. The van der Waals surface area contributed by atoms with Crippen LogP contribution in [0.1, 0.15) is 11.1 Å². The fraction of sp³-hybridized carbons (Fsp3) is 0.160. The Labute approximate surface area is 191 Å². The van der Waals surface area contributed by atoms with Gasteiger partial charge >= 0.3 is 0 Å². The molecule has 0 fully saturated rings. The Morgan fingerprint density at radius 3 is 2.38 bits per heavy atom. The van der Waals surface area contributed by atoms with Gasteiger partial charge in [-0.2, -0.15) is 0 Å². The van der Waals surface area contributed by atoms with Crippen molar-refractivity contribution in [2.75, 3.05) is 19.5 Å². The Kier molecular flexibility index (Phi) is 6.97. The van der Waals surface area contributed by atoms with Crippen LogP contribution >= 0.6 is 11.8 Å². The van der Waals surface area contributed by atoms with E-state index in [1.54, 1.807) is 44.3 Å². The molecule has 3 aromatic carbocycles. The van der Waals surface area contributed by atoms with Gasteiger partial charge in [-0.05, 0) is 47.5 Å². The Balaban J connectivity index is 1.58. The van der Waals surface area contributed by atoms with Gasteiger partial charge in [-0.3, -0.25) is 4.57 Å². The van der Waals surface area contributed by atoms with Crippen LogP contribution in [0.4, 0.5) is 10.2 Å². The molecule has 0 saturated heterocycles. The van der Waals surface area contributed by atoms with Crippen molar-refractivity contribution in [3.8, 4) is 17.2 Å². The summed E-state index contributed by atoms with van der Waals surface area (Å²) in [5.41, 5.74) is 3.09. The van der Waals surface area contributed by atoms with Gasteiger partial charge in [-0.15, -0.1) is 0 Å². The average Bonchev–Trinajstić information content (AvgIpc) is 3.25. The van der Waals surface area contributed by atoms with Gasteiger partial charge in [0.15, 0.2) is 16.7 Å². The summed E-state index contributed by atoms with van der Waals surface area (Å²) in [6.45, 7) is 0.566. The molecule has 4 rings (SSSR count). The molecule has 5 nitrogen and oxygen atoms in total. The molecule has 1 aromatic heterocycles. The molecule has 164 valence electrons. The minimum absolute atomic E-state index is 0.271. The number of aromatic nitrogens is 2. The van der Waals surface area contributed by atoms with Crippen LogP contribution in [-0.4, -0.2) is 23.8 Å². The number of hydrogen-bond acceptors (Lipinski definition) is 5. The van der Waals surface area contributed by atoms with Gasteiger partial charge < -0.3 is 14.8 Å². The second-order valence-electron chi connectivity index (χ2n) is 7.06. The normalized spacial score (nSPS) is 10.7. The summed E-state index contributed by atoms with van der Waals surface area (Å²) in [7, 11) is 3.24. The fourth-order valence-corrected chi connectivity index (χ4v) is 4.25. The second kappa shape index (κ2) is 10.2. The van der Waals surface area contributed by atoms with Crippen LogP contribution in [0.5, 0.6) is 11.5 Å². The topological polar surface area (TPSA) is 48.3 Å². The highest BCUT2D eigenvalue weighted by atomic mass is 32.2. The Morgan fingerprint density at radius 2 is 1.66 bits per heavy atom. The van der Waals surface area contributed by atoms with Crippen molar-refractivity contribution in [2.45, 2.75) is 17.5 Å². The second-order valence-corrected chi connectivity index (χ2v) is 8.00. The molecule has 0 radical (unpaired) electrons. The maximum atomic E-state index is 13.5. The largest absolute Gasteiger partial charge is 0.493 e. The predicted octanol–water partition coefficient (Wildman–Crippen LogP) is 5.93. The Hall–Kier alpha value is -3.45. The van der Waals surface area contributed by atoms with E-state index >= 15 is 0 Å². The number of nitrogens with one attached hydrogen (secondary N) is 1. The first kappa shape index (κ1) is 21.8. The van der Waals surface area contributed by atoms with E-state index in [9.17, 15) is 4.39 Å². The van der Waals surface area contributed by atoms with Crippen LogP contribution < -0.4 is 14.8 Å². The number of methoxy groups -OCH3 is 2. The first-order valence-electron chi connectivity index (χ1n) is 10.1. The molecular formula is C25H24FN3O2S. The molecule has 1 heterocycles. The van der Waals surface area contributed by atoms with Crippen LogP contribution in [0.2, 0.25) is 0 Å². The van der Waals surface area contributed by atoms with Crippen molar-refractivity contribution in [3.05, 3.63) is 95.9 Å². The molecule has 0 saturated carbocycles. The van der Waals surface area contributed by atoms with Crippen molar-refractivity contribution in [1.82, 2.24) is 9.55 Å². The van der Waals surface area contributed by atoms with E-state index in [-0.39, 0.29) is 5.82 Å². The average molecular weight is 450 g/mol. The molecule has 7 heteroatoms. The quantitative estimate of drug-likeness (QED) is 0.321. The zero-order valence-electron chi connectivity index (χ0n) is 17.9. The lowest BCUT2D eigenvalue weighted by Crippen LogP contribution is -2.06. The first-order chi connectivity index (χ1) is 15.7. The number of anilines is 1. The molecule has 0 bridgehead atoms. The number of thioether (sulfide) groups is 1. The highest BCUT2D eigenvalue weighted by Gasteiger charge is 2.14. The molecular weight excluding hydrogens is 425 g/mol. The number of ether oxygens (including phenoxy) is 2. The number of nitrogens with zero attached hydrogens (tertiary/aromatic N) is 2. The zero-order chi connectivity index (χ0) is 22.3. The third-order valence-electron chi connectivity index (χ3n) is 4.95. The molecule has 1 N–H and O–H groups in total. The number of rotatable bonds is 9. The third-order valence-corrected chi connectivity index (χ3v) is 5.97. The van der Waals surface area contributed by atoms with Crippen molar-refractivity contribution in [1.29, 1.82) is 0 Å². The summed E-state index contributed by atoms with van der Waals surface area (Å²) in [5, 5.41) is 4.28. The minimum Gasteiger partial charge on any atom is -0.493 e. The third kappa shape index (κ3) is 5.06. The fourth-order valence-electron chi connectivity index (χ4n) is 3.31. The summed E-state index contributed by atoms with van der Waals surface area (Å²) in [5.74, 6) is 2.70. The monoisotopic (exact) mass is 449 g/mol. The predicted molar refractivity (Wildman–Crippen MR) is 126 cm³/mol. The van der Waals surface area contributed by atoms with Crippen LogP contribution in [0, 0.1) is 5.82 Å². The summed E-state index contributed by atoms with van der Waals surface area (Å²) < 4.78 is 26.3. The maximum Gasteiger partial charge on any atom is 0.174 e. The molecule has 0 atom stereocenters. The van der Waals surface area contributed by atoms with Gasteiger partial charge in [0.2, 0.25) is 0 Å². The van der Waals surface area contributed by atoms with E-state index in [0.29, 0.717) is 18.0 Å². The summed E-state index contributed by atoms with van der Waals surface area (Å²) in [4.78, 5) is 4.63. The zero-order valence-corrected chi connectivity index (χ0v) is 18.7. The summed E-state index contributed by atoms with van der Waals surface area (Å²) in [6, 6.07) is 22.5. The lowest BCUT2D eigenvalue weighted by molar-refractivity contribution is 0.354. The highest BCUT2D eigenvalue weighted by molar-refractivity contribution is 7.98. The number of benzene rings is 3. The van der Waals surface area contributed by atoms with E-state index in [1.165, 1.54) is 17.7 Å². The maximum absolute atomic E-state index is 13.5. The molecule has 0 aliphatic rings. The van der Waals surface area contributed by atoms with E-state index in [1.807, 2.05) is 41.0 Å². The van der Waals surface area contributed by atoms with E-state index in [2.05, 4.69) is 22.4 Å². The molecule has 0 amide bonds. The molecule has 0 unspecified atom stereocenters. The Morgan fingerprint density at radius 1 is 0.906 bits per heavy atom. The number of imidazole rings is 1. The van der Waals surface area contributed by atoms with Crippen LogP contribution in [0.3, 0.4) is 0 Å². The van der Waals surface area contributed by atoms with Crippen molar-refractivity contribution < 1.29 is 13.9 Å². The van der Waals surface area contributed by atoms with Gasteiger partial charge in [0.25, 0.3) is 0 Å². The van der Waals surface area contributed by atoms with E-state index < -0.39 is 0 Å². The van der Waals surface area contributed by atoms with Crippen LogP contribution in [0.25, 0.3) is 5.69 Å². The van der Waals surface area contributed by atoms with Gasteiger partial charge in [0.05, 0.1) is 20.4 Å². The van der Waals surface area contributed by atoms with Crippen LogP contribution in [-0.2, 0) is 12.3 Å². The van der Waals surface area contributed by atoms with Crippen molar-refractivity contribution in [2.24, 2.45) is 0 Å². The molecule has 0 aliphatic heterocycles. The molecule has 0 spiro atoms. The highest BCUT2D eigenvalue weighted by Crippen LogP contribution is 2.30. The molecule has 32 heavy (non-hydrogen) atoms. The van der Waals surface area contributed by atoms with Crippen molar-refractivity contribution >= 4 is 17.6 Å². The van der Waals surface area contributed by atoms with Gasteiger partial charge in [0, 0.05) is 18.0 Å². The van der Waals surface area contributed by atoms with E-state index in [0.717, 1.165) is 28.0 Å². The number of halogens is 1. The van der Waals surface area contributed by atoms with Gasteiger partial charge in [-0.1, -0.05) is 48.2 Å². The minimum atomic E-state index is -0.271. The van der Waals surface area contributed by atoms with Gasteiger partial charge in [0.1, 0.15) is 11.6 Å².